The predicted molar refractivity (Wildman–Crippen MR) is 107 cm³/mol. The first-order chi connectivity index (χ1) is 13.1. The van der Waals surface area contributed by atoms with E-state index in [1.54, 1.807) is 6.20 Å². The number of amides is 1. The lowest BCUT2D eigenvalue weighted by Crippen LogP contribution is -2.45. The van der Waals surface area contributed by atoms with E-state index in [-0.39, 0.29) is 12.0 Å². The summed E-state index contributed by atoms with van der Waals surface area (Å²) < 4.78 is 6.27. The van der Waals surface area contributed by atoms with Crippen molar-refractivity contribution in [2.45, 2.75) is 44.8 Å². The van der Waals surface area contributed by atoms with Crippen molar-refractivity contribution in [2.75, 3.05) is 26.2 Å². The van der Waals surface area contributed by atoms with Crippen LogP contribution in [0.15, 0.2) is 30.5 Å². The number of benzene rings is 1. The second-order valence-corrected chi connectivity index (χ2v) is 8.08. The summed E-state index contributed by atoms with van der Waals surface area (Å²) in [5, 5.41) is 1.67. The maximum absolute atomic E-state index is 12.5. The molecule has 1 amide bonds. The summed E-state index contributed by atoms with van der Waals surface area (Å²) >= 11 is 6.06. The van der Waals surface area contributed by atoms with Crippen LogP contribution in [-0.4, -0.2) is 59.0 Å². The van der Waals surface area contributed by atoms with Crippen LogP contribution in [0.1, 0.15) is 32.6 Å². The highest BCUT2D eigenvalue weighted by Crippen LogP contribution is 2.28. The third kappa shape index (κ3) is 4.19. The molecule has 5 nitrogen and oxygen atoms in total. The molecule has 2 saturated heterocycles. The Bertz CT molecular complexity index is 820. The smallest absolute Gasteiger partial charge is 0.236 e. The van der Waals surface area contributed by atoms with Crippen LogP contribution < -0.4 is 4.74 Å². The average Bonchev–Trinajstić information content (AvgIpc) is 3.09. The van der Waals surface area contributed by atoms with Crippen molar-refractivity contribution >= 4 is 28.4 Å². The molecular formula is C21H26ClN3O2. The molecular weight excluding hydrogens is 362 g/mol. The van der Waals surface area contributed by atoms with E-state index in [2.05, 4.69) is 16.8 Å². The Kier molecular flexibility index (Phi) is 5.50. The lowest BCUT2D eigenvalue weighted by atomic mass is 10.1. The summed E-state index contributed by atoms with van der Waals surface area (Å²) in [5.41, 5.74) is 0.850. The van der Waals surface area contributed by atoms with Gasteiger partial charge in [0, 0.05) is 42.3 Å². The molecule has 1 aromatic heterocycles. The van der Waals surface area contributed by atoms with E-state index >= 15 is 0 Å². The fourth-order valence-electron chi connectivity index (χ4n) is 4.15. The van der Waals surface area contributed by atoms with E-state index < -0.39 is 0 Å². The largest absolute Gasteiger partial charge is 0.490 e. The van der Waals surface area contributed by atoms with Gasteiger partial charge in [0.15, 0.2) is 0 Å². The van der Waals surface area contributed by atoms with Crippen molar-refractivity contribution in [1.82, 2.24) is 14.8 Å². The predicted octanol–water partition coefficient (Wildman–Crippen LogP) is 3.74. The molecule has 0 N–H and O–H groups in total. The number of ether oxygens (including phenoxy) is 1. The standard InChI is InChI=1S/C21H26ClN3O2/c1-15-3-2-10-25(15)21(26)14-24-11-7-17(8-12-24)27-20-6-9-23-19-13-16(22)4-5-18(19)20/h4-6,9,13,15,17H,2-3,7-8,10-12,14H2,1H3/t15-/m1/s1. The number of fused-ring (bicyclic) bond motifs is 1. The van der Waals surface area contributed by atoms with Gasteiger partial charge in [0.1, 0.15) is 11.9 Å². The number of nitrogens with zero attached hydrogens (tertiary/aromatic N) is 3. The van der Waals surface area contributed by atoms with Crippen LogP contribution in [0.25, 0.3) is 10.9 Å². The number of carbonyl (C=O) groups is 1. The molecule has 1 atom stereocenters. The van der Waals surface area contributed by atoms with Gasteiger partial charge in [0.25, 0.3) is 0 Å². The Balaban J connectivity index is 1.33. The van der Waals surface area contributed by atoms with Crippen molar-refractivity contribution in [3.05, 3.63) is 35.5 Å². The van der Waals surface area contributed by atoms with Crippen LogP contribution in [0, 0.1) is 0 Å². The van der Waals surface area contributed by atoms with Gasteiger partial charge in [-0.3, -0.25) is 14.7 Å². The van der Waals surface area contributed by atoms with Gasteiger partial charge in [-0.1, -0.05) is 11.6 Å². The highest BCUT2D eigenvalue weighted by atomic mass is 35.5. The molecule has 3 heterocycles. The summed E-state index contributed by atoms with van der Waals surface area (Å²) in [6.45, 7) is 5.39. The normalized spacial score (nSPS) is 21.7. The van der Waals surface area contributed by atoms with Crippen LogP contribution >= 0.6 is 11.6 Å². The fourth-order valence-corrected chi connectivity index (χ4v) is 4.31. The van der Waals surface area contributed by atoms with Crippen molar-refractivity contribution in [3.63, 3.8) is 0 Å². The van der Waals surface area contributed by atoms with Crippen LogP contribution in [0.5, 0.6) is 5.75 Å². The van der Waals surface area contributed by atoms with Crippen molar-refractivity contribution in [2.24, 2.45) is 0 Å². The van der Waals surface area contributed by atoms with Crippen LogP contribution in [0.2, 0.25) is 5.02 Å². The monoisotopic (exact) mass is 387 g/mol. The highest BCUT2D eigenvalue weighted by molar-refractivity contribution is 6.31. The quantitative estimate of drug-likeness (QED) is 0.801. The first-order valence-corrected chi connectivity index (χ1v) is 10.2. The minimum absolute atomic E-state index is 0.170. The molecule has 4 rings (SSSR count). The molecule has 0 spiro atoms. The molecule has 0 aliphatic carbocycles. The third-order valence-electron chi connectivity index (χ3n) is 5.73. The number of aromatic nitrogens is 1. The minimum atomic E-state index is 0.170. The molecule has 0 radical (unpaired) electrons. The Morgan fingerprint density at radius 3 is 2.78 bits per heavy atom. The van der Waals surface area contributed by atoms with Crippen LogP contribution in [0.4, 0.5) is 0 Å². The molecule has 2 fully saturated rings. The summed E-state index contributed by atoms with van der Waals surface area (Å²) in [5.74, 6) is 1.13. The van der Waals surface area contributed by atoms with Crippen LogP contribution in [0.3, 0.4) is 0 Å². The first kappa shape index (κ1) is 18.5. The molecule has 2 aliphatic heterocycles. The summed E-state index contributed by atoms with van der Waals surface area (Å²) in [6, 6.07) is 8.00. The zero-order chi connectivity index (χ0) is 18.8. The Hall–Kier alpha value is -1.85. The summed E-state index contributed by atoms with van der Waals surface area (Å²) in [4.78, 5) is 21.2. The van der Waals surface area contributed by atoms with Crippen molar-refractivity contribution in [3.8, 4) is 5.75 Å². The second kappa shape index (κ2) is 8.03. The van der Waals surface area contributed by atoms with E-state index in [1.165, 1.54) is 0 Å². The Morgan fingerprint density at radius 2 is 2.04 bits per heavy atom. The maximum Gasteiger partial charge on any atom is 0.236 e. The van der Waals surface area contributed by atoms with Gasteiger partial charge >= 0.3 is 0 Å². The zero-order valence-corrected chi connectivity index (χ0v) is 16.5. The lowest BCUT2D eigenvalue weighted by Gasteiger charge is -2.33. The van der Waals surface area contributed by atoms with Crippen LogP contribution in [-0.2, 0) is 4.79 Å². The number of piperidine rings is 1. The van der Waals surface area contributed by atoms with E-state index in [0.717, 1.165) is 62.0 Å². The van der Waals surface area contributed by atoms with Gasteiger partial charge in [0.2, 0.25) is 5.91 Å². The number of carbonyl (C=O) groups excluding carboxylic acids is 1. The molecule has 144 valence electrons. The molecule has 0 saturated carbocycles. The Morgan fingerprint density at radius 1 is 1.22 bits per heavy atom. The maximum atomic E-state index is 12.5. The van der Waals surface area contributed by atoms with E-state index in [1.807, 2.05) is 29.2 Å². The SMILES string of the molecule is C[C@@H]1CCCN1C(=O)CN1CCC(Oc2ccnc3cc(Cl)ccc23)CC1. The molecule has 2 aromatic rings. The van der Waals surface area contributed by atoms with Gasteiger partial charge in [-0.15, -0.1) is 0 Å². The van der Waals surface area contributed by atoms with Gasteiger partial charge in [0.05, 0.1) is 12.1 Å². The summed E-state index contributed by atoms with van der Waals surface area (Å²) in [7, 11) is 0. The second-order valence-electron chi connectivity index (χ2n) is 7.64. The molecule has 2 aliphatic rings. The molecule has 0 bridgehead atoms. The fraction of sp³-hybridized carbons (Fsp3) is 0.524. The minimum Gasteiger partial charge on any atom is -0.490 e. The van der Waals surface area contributed by atoms with E-state index in [9.17, 15) is 4.79 Å². The van der Waals surface area contributed by atoms with Gasteiger partial charge in [-0.25, -0.2) is 0 Å². The average molecular weight is 388 g/mol. The van der Waals surface area contributed by atoms with Crippen molar-refractivity contribution in [1.29, 1.82) is 0 Å². The molecule has 6 heteroatoms. The van der Waals surface area contributed by atoms with E-state index in [4.69, 9.17) is 16.3 Å². The lowest BCUT2D eigenvalue weighted by molar-refractivity contribution is -0.133. The molecule has 27 heavy (non-hydrogen) atoms. The molecule has 0 unspecified atom stereocenters. The van der Waals surface area contributed by atoms with Gasteiger partial charge in [-0.05, 0) is 56.9 Å². The highest BCUT2D eigenvalue weighted by Gasteiger charge is 2.28. The topological polar surface area (TPSA) is 45.7 Å². The van der Waals surface area contributed by atoms with Gasteiger partial charge in [-0.2, -0.15) is 0 Å². The Labute approximate surface area is 165 Å². The number of likely N-dealkylation sites (tertiary alicyclic amines) is 2. The van der Waals surface area contributed by atoms with Crippen molar-refractivity contribution < 1.29 is 9.53 Å². The number of rotatable bonds is 4. The zero-order valence-electron chi connectivity index (χ0n) is 15.7. The first-order valence-electron chi connectivity index (χ1n) is 9.83. The van der Waals surface area contributed by atoms with Gasteiger partial charge < -0.3 is 9.64 Å². The molecule has 1 aromatic carbocycles. The van der Waals surface area contributed by atoms with E-state index in [0.29, 0.717) is 17.6 Å². The third-order valence-corrected chi connectivity index (χ3v) is 5.96. The summed E-state index contributed by atoms with van der Waals surface area (Å²) in [6.07, 6.45) is 6.06. The number of pyridine rings is 1. The number of hydrogen-bond acceptors (Lipinski definition) is 4. The number of hydrogen-bond donors (Lipinski definition) is 0. The number of halogens is 1.